The van der Waals surface area contributed by atoms with E-state index in [0.717, 1.165) is 44.8 Å². The Labute approximate surface area is 205 Å². The van der Waals surface area contributed by atoms with E-state index in [1.54, 1.807) is 0 Å². The number of nitrogens with zero attached hydrogens (tertiary/aromatic N) is 2. The zero-order valence-corrected chi connectivity index (χ0v) is 21.4. The van der Waals surface area contributed by atoms with Crippen LogP contribution in [0, 0.1) is 11.3 Å². The fraction of sp³-hybridized carbons (Fsp3) is 0.741. The molecule has 7 heteroatoms. The molecule has 0 radical (unpaired) electrons. The van der Waals surface area contributed by atoms with Crippen LogP contribution in [0.2, 0.25) is 0 Å². The summed E-state index contributed by atoms with van der Waals surface area (Å²) in [6, 6.07) is 10.9. The normalized spacial score (nSPS) is 30.9. The third-order valence-corrected chi connectivity index (χ3v) is 10.9. The summed E-state index contributed by atoms with van der Waals surface area (Å²) < 4.78 is 23.2. The Bertz CT molecular complexity index is 949. The molecule has 1 aromatic carbocycles. The Balaban J connectivity index is 1.31. The van der Waals surface area contributed by atoms with Crippen molar-refractivity contribution in [3.05, 3.63) is 35.9 Å². The van der Waals surface area contributed by atoms with Crippen LogP contribution in [0.5, 0.6) is 0 Å². The van der Waals surface area contributed by atoms with Gasteiger partial charge in [0.05, 0.1) is 17.5 Å². The van der Waals surface area contributed by atoms with Gasteiger partial charge in [-0.3, -0.25) is 0 Å². The first-order valence-corrected chi connectivity index (χ1v) is 15.3. The minimum Gasteiger partial charge on any atom is -0.324 e. The smallest absolute Gasteiger partial charge is 0.320 e. The minimum atomic E-state index is -2.84. The van der Waals surface area contributed by atoms with Gasteiger partial charge < -0.3 is 15.1 Å². The number of carbonyl (C=O) groups excluding carboxylic acids is 1. The lowest BCUT2D eigenvalue weighted by Crippen LogP contribution is -2.59. The van der Waals surface area contributed by atoms with Crippen LogP contribution in [0.1, 0.15) is 76.3 Å². The zero-order valence-electron chi connectivity index (χ0n) is 20.6. The summed E-state index contributed by atoms with van der Waals surface area (Å²) in [4.78, 5) is 18.3. The molecule has 3 atom stereocenters. The van der Waals surface area contributed by atoms with Gasteiger partial charge in [-0.25, -0.2) is 13.2 Å². The monoisotopic (exact) mass is 487 g/mol. The quantitative estimate of drug-likeness (QED) is 0.669. The molecule has 0 aromatic heterocycles. The maximum atomic E-state index is 14.0. The molecule has 5 rings (SSSR count). The number of benzene rings is 1. The Kier molecular flexibility index (Phi) is 6.95. The second-order valence-corrected chi connectivity index (χ2v) is 13.5. The number of sulfone groups is 1. The second kappa shape index (κ2) is 9.81. The topological polar surface area (TPSA) is 69.7 Å². The molecule has 0 bridgehead atoms. The van der Waals surface area contributed by atoms with Gasteiger partial charge in [0.25, 0.3) is 0 Å². The van der Waals surface area contributed by atoms with Gasteiger partial charge in [0.15, 0.2) is 9.84 Å². The lowest BCUT2D eigenvalue weighted by molar-refractivity contribution is 0.0241. The maximum absolute atomic E-state index is 14.0. The van der Waals surface area contributed by atoms with Gasteiger partial charge in [-0.2, -0.15) is 0 Å². The van der Waals surface area contributed by atoms with Crippen molar-refractivity contribution in [3.8, 4) is 0 Å². The van der Waals surface area contributed by atoms with E-state index in [1.807, 2.05) is 6.07 Å². The summed E-state index contributed by atoms with van der Waals surface area (Å²) in [5.74, 6) is 1.26. The molecule has 4 aliphatic rings. The SMILES string of the molecule is CCC[C@@H]1CCN(C(=O)N2CC[C@H](NC3CS(=O)(=O)C3)C[C@H]2c2ccccc2)CC12CCCC2. The van der Waals surface area contributed by atoms with Crippen molar-refractivity contribution in [1.29, 1.82) is 0 Å². The van der Waals surface area contributed by atoms with Crippen LogP contribution in [-0.4, -0.2) is 67.5 Å². The van der Waals surface area contributed by atoms with E-state index < -0.39 is 9.84 Å². The predicted octanol–water partition coefficient (Wildman–Crippen LogP) is 4.38. The van der Waals surface area contributed by atoms with Crippen molar-refractivity contribution < 1.29 is 13.2 Å². The molecule has 2 amide bonds. The van der Waals surface area contributed by atoms with Gasteiger partial charge in [-0.1, -0.05) is 62.9 Å². The fourth-order valence-electron chi connectivity index (χ4n) is 7.33. The maximum Gasteiger partial charge on any atom is 0.320 e. The van der Waals surface area contributed by atoms with Crippen LogP contribution >= 0.6 is 0 Å². The van der Waals surface area contributed by atoms with Crippen molar-refractivity contribution in [2.24, 2.45) is 11.3 Å². The lowest BCUT2D eigenvalue weighted by atomic mass is 9.68. The number of hydrogen-bond donors (Lipinski definition) is 1. The summed E-state index contributed by atoms with van der Waals surface area (Å²) in [5.41, 5.74) is 1.52. The first-order valence-electron chi connectivity index (χ1n) is 13.5. The van der Waals surface area contributed by atoms with Crippen LogP contribution in [0.15, 0.2) is 30.3 Å². The molecule has 1 N–H and O–H groups in total. The first kappa shape index (κ1) is 24.1. The molecule has 3 aliphatic heterocycles. The van der Waals surface area contributed by atoms with E-state index >= 15 is 0 Å². The third-order valence-electron chi connectivity index (χ3n) is 9.04. The van der Waals surface area contributed by atoms with Crippen LogP contribution in [-0.2, 0) is 9.84 Å². The van der Waals surface area contributed by atoms with Gasteiger partial charge in [-0.05, 0) is 49.0 Å². The number of nitrogens with one attached hydrogen (secondary N) is 1. The molecule has 1 spiro atoms. The number of likely N-dealkylation sites (tertiary alicyclic amines) is 2. The summed E-state index contributed by atoms with van der Waals surface area (Å²) in [6.07, 6.45) is 10.6. The van der Waals surface area contributed by atoms with Crippen LogP contribution in [0.25, 0.3) is 0 Å². The van der Waals surface area contributed by atoms with Gasteiger partial charge >= 0.3 is 6.03 Å². The molecular formula is C27H41N3O3S. The third kappa shape index (κ3) is 4.88. The Hall–Kier alpha value is -1.60. The highest BCUT2D eigenvalue weighted by Crippen LogP contribution is 2.50. The number of amides is 2. The standard InChI is InChI=1S/C27H41N3O3S/c1-2-8-22-11-15-29(20-27(22)13-6-7-14-27)26(31)30-16-12-23(28-24-18-34(32,33)19-24)17-25(30)21-9-4-3-5-10-21/h3-5,9-10,22-25,28H,2,6-8,11-20H2,1H3/t22-,23+,25+/m1/s1. The van der Waals surface area contributed by atoms with Crippen molar-refractivity contribution in [1.82, 2.24) is 15.1 Å². The molecule has 188 valence electrons. The van der Waals surface area contributed by atoms with E-state index in [0.29, 0.717) is 5.41 Å². The van der Waals surface area contributed by atoms with Crippen molar-refractivity contribution >= 4 is 15.9 Å². The minimum absolute atomic E-state index is 0.0320. The van der Waals surface area contributed by atoms with E-state index in [9.17, 15) is 13.2 Å². The molecule has 6 nitrogen and oxygen atoms in total. The molecule has 1 aliphatic carbocycles. The lowest BCUT2D eigenvalue weighted by Gasteiger charge is -2.50. The average Bonchev–Trinajstić information content (AvgIpc) is 3.28. The molecule has 3 heterocycles. The average molecular weight is 488 g/mol. The molecule has 4 fully saturated rings. The van der Waals surface area contributed by atoms with Crippen LogP contribution in [0.4, 0.5) is 4.79 Å². The zero-order chi connectivity index (χ0) is 23.8. The largest absolute Gasteiger partial charge is 0.324 e. The molecule has 1 saturated carbocycles. The highest BCUT2D eigenvalue weighted by Gasteiger charge is 2.47. The number of piperidine rings is 2. The number of hydrogen-bond acceptors (Lipinski definition) is 4. The molecule has 1 aromatic rings. The Morgan fingerprint density at radius 1 is 1.06 bits per heavy atom. The summed E-state index contributed by atoms with van der Waals surface area (Å²) >= 11 is 0. The fourth-order valence-corrected chi connectivity index (χ4v) is 8.65. The van der Waals surface area contributed by atoms with E-state index in [2.05, 4.69) is 46.3 Å². The van der Waals surface area contributed by atoms with E-state index in [4.69, 9.17) is 0 Å². The van der Waals surface area contributed by atoms with Gasteiger partial charge in [0.2, 0.25) is 0 Å². The van der Waals surface area contributed by atoms with E-state index in [-0.39, 0.29) is 35.7 Å². The Morgan fingerprint density at radius 3 is 2.47 bits per heavy atom. The van der Waals surface area contributed by atoms with Crippen molar-refractivity contribution in [2.45, 2.75) is 82.8 Å². The molecule has 3 saturated heterocycles. The van der Waals surface area contributed by atoms with Gasteiger partial charge in [0.1, 0.15) is 0 Å². The van der Waals surface area contributed by atoms with Crippen LogP contribution in [0.3, 0.4) is 0 Å². The molecular weight excluding hydrogens is 446 g/mol. The highest BCUT2D eigenvalue weighted by atomic mass is 32.2. The summed E-state index contributed by atoms with van der Waals surface area (Å²) in [7, 11) is -2.84. The number of urea groups is 1. The van der Waals surface area contributed by atoms with Gasteiger partial charge in [0, 0.05) is 31.7 Å². The summed E-state index contributed by atoms with van der Waals surface area (Å²) in [6.45, 7) is 4.82. The van der Waals surface area contributed by atoms with Crippen LogP contribution < -0.4 is 5.32 Å². The highest BCUT2D eigenvalue weighted by molar-refractivity contribution is 7.92. The Morgan fingerprint density at radius 2 is 1.79 bits per heavy atom. The predicted molar refractivity (Wildman–Crippen MR) is 135 cm³/mol. The molecule has 34 heavy (non-hydrogen) atoms. The summed E-state index contributed by atoms with van der Waals surface area (Å²) in [5, 5.41) is 3.58. The van der Waals surface area contributed by atoms with Crippen molar-refractivity contribution in [3.63, 3.8) is 0 Å². The van der Waals surface area contributed by atoms with Crippen molar-refractivity contribution in [2.75, 3.05) is 31.1 Å². The number of carbonyl (C=O) groups is 1. The molecule has 0 unspecified atom stereocenters. The van der Waals surface area contributed by atoms with E-state index in [1.165, 1.54) is 44.1 Å². The second-order valence-electron chi connectivity index (χ2n) is 11.3. The first-order chi connectivity index (χ1) is 16.4. The number of rotatable bonds is 5. The van der Waals surface area contributed by atoms with Gasteiger partial charge in [-0.15, -0.1) is 0 Å².